The molecular formula is C19H26N4O2S. The third kappa shape index (κ3) is 4.38. The highest BCUT2D eigenvalue weighted by Gasteiger charge is 2.29. The van der Waals surface area contributed by atoms with Gasteiger partial charge in [-0.15, -0.1) is 5.10 Å². The Bertz CT molecular complexity index is 776. The van der Waals surface area contributed by atoms with Crippen LogP contribution in [0.5, 0.6) is 0 Å². The Hall–Kier alpha value is -2.02. The SMILES string of the molecule is CC1CCCC(C)N1C(=O)CSc1n[nH]c(=O)n1CCc1ccccc1. The molecule has 1 aliphatic heterocycles. The first-order valence-corrected chi connectivity index (χ1v) is 10.2. The maximum absolute atomic E-state index is 12.7. The van der Waals surface area contributed by atoms with E-state index in [1.807, 2.05) is 35.2 Å². The normalized spacial score (nSPS) is 20.3. The van der Waals surface area contributed by atoms with Crippen LogP contribution in [0.3, 0.4) is 0 Å². The summed E-state index contributed by atoms with van der Waals surface area (Å²) in [5, 5.41) is 7.19. The number of aromatic nitrogens is 3. The Morgan fingerprint density at radius 2 is 1.92 bits per heavy atom. The molecule has 140 valence electrons. The minimum Gasteiger partial charge on any atom is -0.337 e. The van der Waals surface area contributed by atoms with Gasteiger partial charge in [0.25, 0.3) is 0 Å². The molecule has 1 fully saturated rings. The quantitative estimate of drug-likeness (QED) is 0.789. The topological polar surface area (TPSA) is 71.0 Å². The van der Waals surface area contributed by atoms with Crippen molar-refractivity contribution in [2.45, 2.75) is 63.3 Å². The van der Waals surface area contributed by atoms with Crippen molar-refractivity contribution in [3.8, 4) is 0 Å². The predicted molar refractivity (Wildman–Crippen MR) is 103 cm³/mol. The summed E-state index contributed by atoms with van der Waals surface area (Å²) < 4.78 is 1.62. The highest BCUT2D eigenvalue weighted by molar-refractivity contribution is 7.99. The third-order valence-corrected chi connectivity index (χ3v) is 5.96. The van der Waals surface area contributed by atoms with E-state index >= 15 is 0 Å². The molecule has 3 rings (SSSR count). The lowest BCUT2D eigenvalue weighted by Crippen LogP contribution is -2.48. The van der Waals surface area contributed by atoms with Gasteiger partial charge in [0.15, 0.2) is 5.16 Å². The number of likely N-dealkylation sites (tertiary alicyclic amines) is 1. The summed E-state index contributed by atoms with van der Waals surface area (Å²) in [6, 6.07) is 10.6. The summed E-state index contributed by atoms with van der Waals surface area (Å²) in [4.78, 5) is 26.7. The molecule has 0 saturated carbocycles. The first-order valence-electron chi connectivity index (χ1n) is 9.19. The largest absolute Gasteiger partial charge is 0.343 e. The molecule has 1 amide bonds. The van der Waals surface area contributed by atoms with E-state index in [-0.39, 0.29) is 23.7 Å². The molecule has 1 saturated heterocycles. The first kappa shape index (κ1) is 18.8. The van der Waals surface area contributed by atoms with Gasteiger partial charge in [0.05, 0.1) is 5.75 Å². The zero-order chi connectivity index (χ0) is 18.5. The Morgan fingerprint density at radius 3 is 2.62 bits per heavy atom. The Kier molecular flexibility index (Phi) is 6.19. The molecule has 0 bridgehead atoms. The minimum absolute atomic E-state index is 0.125. The molecule has 6 nitrogen and oxygen atoms in total. The van der Waals surface area contributed by atoms with E-state index in [0.717, 1.165) is 19.3 Å². The van der Waals surface area contributed by atoms with Gasteiger partial charge in [-0.05, 0) is 45.1 Å². The van der Waals surface area contributed by atoms with Crippen molar-refractivity contribution >= 4 is 17.7 Å². The Labute approximate surface area is 158 Å². The average Bonchev–Trinajstić information content (AvgIpc) is 2.98. The first-order chi connectivity index (χ1) is 12.6. The van der Waals surface area contributed by atoms with Gasteiger partial charge in [-0.1, -0.05) is 42.1 Å². The van der Waals surface area contributed by atoms with Gasteiger partial charge in [-0.3, -0.25) is 9.36 Å². The van der Waals surface area contributed by atoms with Crippen LogP contribution in [0.4, 0.5) is 0 Å². The van der Waals surface area contributed by atoms with Crippen LogP contribution in [0, 0.1) is 0 Å². The lowest BCUT2D eigenvalue weighted by atomic mass is 9.98. The van der Waals surface area contributed by atoms with E-state index in [4.69, 9.17) is 0 Å². The molecule has 2 heterocycles. The minimum atomic E-state index is -0.226. The Morgan fingerprint density at radius 1 is 1.23 bits per heavy atom. The van der Waals surface area contributed by atoms with Gasteiger partial charge in [0.2, 0.25) is 5.91 Å². The number of piperidine rings is 1. The molecule has 26 heavy (non-hydrogen) atoms. The molecule has 2 atom stereocenters. The van der Waals surface area contributed by atoms with E-state index in [1.165, 1.54) is 23.7 Å². The monoisotopic (exact) mass is 374 g/mol. The van der Waals surface area contributed by atoms with Gasteiger partial charge in [-0.25, -0.2) is 9.89 Å². The second-order valence-electron chi connectivity index (χ2n) is 6.92. The molecule has 7 heteroatoms. The number of aromatic amines is 1. The standard InChI is InChI=1S/C19H26N4O2S/c1-14-7-6-8-15(2)23(14)17(24)13-26-19-21-20-18(25)22(19)12-11-16-9-4-3-5-10-16/h3-5,9-10,14-15H,6-8,11-13H2,1-2H3,(H,20,25). The smallest absolute Gasteiger partial charge is 0.337 e. The average molecular weight is 375 g/mol. The lowest BCUT2D eigenvalue weighted by Gasteiger charge is -2.39. The number of thioether (sulfide) groups is 1. The van der Waals surface area contributed by atoms with Crippen molar-refractivity contribution in [2.24, 2.45) is 0 Å². The molecule has 1 N–H and O–H groups in total. The van der Waals surface area contributed by atoms with Crippen molar-refractivity contribution in [3.05, 3.63) is 46.4 Å². The van der Waals surface area contributed by atoms with Crippen LogP contribution in [-0.2, 0) is 17.8 Å². The summed E-state index contributed by atoms with van der Waals surface area (Å²) in [5.74, 6) is 0.435. The van der Waals surface area contributed by atoms with Gasteiger partial charge >= 0.3 is 5.69 Å². The predicted octanol–water partition coefficient (Wildman–Crippen LogP) is 2.70. The fourth-order valence-electron chi connectivity index (χ4n) is 3.61. The van der Waals surface area contributed by atoms with Crippen LogP contribution in [0.25, 0.3) is 0 Å². The number of hydrogen-bond acceptors (Lipinski definition) is 4. The van der Waals surface area contributed by atoms with Gasteiger partial charge in [0, 0.05) is 18.6 Å². The molecule has 1 aromatic heterocycles. The molecular weight excluding hydrogens is 348 g/mol. The zero-order valence-electron chi connectivity index (χ0n) is 15.4. The number of aryl methyl sites for hydroxylation is 1. The number of carbonyl (C=O) groups excluding carboxylic acids is 1. The molecule has 0 radical (unpaired) electrons. The van der Waals surface area contributed by atoms with E-state index in [9.17, 15) is 9.59 Å². The number of amides is 1. The van der Waals surface area contributed by atoms with Crippen molar-refractivity contribution in [1.82, 2.24) is 19.7 Å². The van der Waals surface area contributed by atoms with Crippen LogP contribution >= 0.6 is 11.8 Å². The fraction of sp³-hybridized carbons (Fsp3) is 0.526. The highest BCUT2D eigenvalue weighted by atomic mass is 32.2. The fourth-order valence-corrected chi connectivity index (χ4v) is 4.45. The summed E-state index contributed by atoms with van der Waals surface area (Å²) in [6.07, 6.45) is 4.05. The molecule has 0 spiro atoms. The van der Waals surface area contributed by atoms with Crippen molar-refractivity contribution < 1.29 is 4.79 Å². The summed E-state index contributed by atoms with van der Waals surface area (Å²) >= 11 is 1.34. The lowest BCUT2D eigenvalue weighted by molar-refractivity contribution is -0.134. The molecule has 1 aromatic carbocycles. The maximum atomic E-state index is 12.7. The molecule has 2 unspecified atom stereocenters. The number of nitrogens with zero attached hydrogens (tertiary/aromatic N) is 3. The van der Waals surface area contributed by atoms with E-state index in [2.05, 4.69) is 24.0 Å². The van der Waals surface area contributed by atoms with Crippen molar-refractivity contribution in [1.29, 1.82) is 0 Å². The van der Waals surface area contributed by atoms with Crippen molar-refractivity contribution in [2.75, 3.05) is 5.75 Å². The molecule has 0 aliphatic carbocycles. The number of carbonyl (C=O) groups is 1. The van der Waals surface area contributed by atoms with E-state index in [1.54, 1.807) is 4.57 Å². The number of nitrogens with one attached hydrogen (secondary N) is 1. The van der Waals surface area contributed by atoms with Gasteiger partial charge in [-0.2, -0.15) is 0 Å². The van der Waals surface area contributed by atoms with E-state index < -0.39 is 0 Å². The second-order valence-corrected chi connectivity index (χ2v) is 7.86. The van der Waals surface area contributed by atoms with Crippen LogP contribution in [-0.4, -0.2) is 43.4 Å². The second kappa shape index (κ2) is 8.58. The molecule has 1 aliphatic rings. The van der Waals surface area contributed by atoms with E-state index in [0.29, 0.717) is 17.5 Å². The summed E-state index contributed by atoms with van der Waals surface area (Å²) in [6.45, 7) is 4.78. The van der Waals surface area contributed by atoms with Crippen molar-refractivity contribution in [3.63, 3.8) is 0 Å². The van der Waals surface area contributed by atoms with Gasteiger partial charge < -0.3 is 4.90 Å². The van der Waals surface area contributed by atoms with Crippen LogP contribution in [0.2, 0.25) is 0 Å². The summed E-state index contributed by atoms with van der Waals surface area (Å²) in [5.41, 5.74) is 0.944. The summed E-state index contributed by atoms with van der Waals surface area (Å²) in [7, 11) is 0. The zero-order valence-corrected chi connectivity index (χ0v) is 16.2. The Balaban J connectivity index is 1.61. The number of rotatable bonds is 6. The molecule has 2 aromatic rings. The number of hydrogen-bond donors (Lipinski definition) is 1. The highest BCUT2D eigenvalue weighted by Crippen LogP contribution is 2.24. The maximum Gasteiger partial charge on any atom is 0.343 e. The van der Waals surface area contributed by atoms with Gasteiger partial charge in [0.1, 0.15) is 0 Å². The number of H-pyrrole nitrogens is 1. The van der Waals surface area contributed by atoms with Crippen LogP contribution < -0.4 is 5.69 Å². The van der Waals surface area contributed by atoms with Crippen LogP contribution in [0.15, 0.2) is 40.3 Å². The number of benzene rings is 1. The van der Waals surface area contributed by atoms with Crippen LogP contribution in [0.1, 0.15) is 38.7 Å². The third-order valence-electron chi connectivity index (χ3n) is 5.00.